The molecule has 2 heterocycles. The van der Waals surface area contributed by atoms with Gasteiger partial charge in [0.05, 0.1) is 4.91 Å². The molecule has 0 saturated heterocycles. The fourth-order valence-corrected chi connectivity index (χ4v) is 5.30. The lowest BCUT2D eigenvalue weighted by Crippen LogP contribution is -2.36. The van der Waals surface area contributed by atoms with Crippen LogP contribution < -0.4 is 5.32 Å². The highest BCUT2D eigenvalue weighted by atomic mass is 32.2. The Morgan fingerprint density at radius 2 is 2.00 bits per heavy atom. The van der Waals surface area contributed by atoms with Gasteiger partial charge in [0.1, 0.15) is 0 Å². The number of amides is 1. The van der Waals surface area contributed by atoms with Crippen molar-refractivity contribution < 1.29 is 4.79 Å². The maximum Gasteiger partial charge on any atom is 0.257 e. The van der Waals surface area contributed by atoms with Gasteiger partial charge in [-0.2, -0.15) is 0 Å². The molecule has 1 aliphatic heterocycles. The Bertz CT molecular complexity index is 553. The minimum Gasteiger partial charge on any atom is -0.349 e. The summed E-state index contributed by atoms with van der Waals surface area (Å²) in [6.45, 7) is 4.35. The quantitative estimate of drug-likeness (QED) is 0.877. The number of carbonyl (C=O) groups is 1. The molecule has 108 valence electrons. The zero-order chi connectivity index (χ0) is 14.1. The van der Waals surface area contributed by atoms with Crippen LogP contribution in [0.5, 0.6) is 0 Å². The Labute approximate surface area is 129 Å². The topological polar surface area (TPSA) is 29.1 Å². The summed E-state index contributed by atoms with van der Waals surface area (Å²) < 4.78 is 0. The molecule has 0 atom stereocenters. The first-order valence-corrected chi connectivity index (χ1v) is 9.19. The Kier molecular flexibility index (Phi) is 4.22. The van der Waals surface area contributed by atoms with Crippen molar-refractivity contribution >= 4 is 35.1 Å². The van der Waals surface area contributed by atoms with Gasteiger partial charge in [-0.1, -0.05) is 19.3 Å². The third-order valence-corrected chi connectivity index (χ3v) is 6.58. The van der Waals surface area contributed by atoms with Crippen LogP contribution in [0.2, 0.25) is 0 Å². The van der Waals surface area contributed by atoms with Crippen molar-refractivity contribution in [2.45, 2.75) is 57.7 Å². The monoisotopic (exact) mass is 307 g/mol. The number of thiophene rings is 1. The van der Waals surface area contributed by atoms with Crippen molar-refractivity contribution in [1.29, 1.82) is 0 Å². The summed E-state index contributed by atoms with van der Waals surface area (Å²) in [6.07, 6.45) is 8.21. The van der Waals surface area contributed by atoms with Gasteiger partial charge >= 0.3 is 0 Å². The molecule has 1 saturated carbocycles. The third-order valence-electron chi connectivity index (χ3n) is 4.34. The molecule has 0 spiro atoms. The Morgan fingerprint density at radius 3 is 2.75 bits per heavy atom. The lowest BCUT2D eigenvalue weighted by atomic mass is 9.95. The second-order valence-electron chi connectivity index (χ2n) is 5.73. The van der Waals surface area contributed by atoms with Gasteiger partial charge in [0, 0.05) is 21.5 Å². The smallest absolute Gasteiger partial charge is 0.257 e. The molecule has 1 aromatic rings. The van der Waals surface area contributed by atoms with Crippen LogP contribution in [0.15, 0.2) is 4.91 Å². The van der Waals surface area contributed by atoms with Crippen LogP contribution in [0.25, 0.3) is 6.08 Å². The summed E-state index contributed by atoms with van der Waals surface area (Å²) in [5, 5.41) is 3.22. The summed E-state index contributed by atoms with van der Waals surface area (Å²) in [5.74, 6) is 1.08. The molecule has 1 aliphatic carbocycles. The van der Waals surface area contributed by atoms with E-state index in [2.05, 4.69) is 25.2 Å². The molecule has 20 heavy (non-hydrogen) atoms. The molecule has 0 aromatic carbocycles. The van der Waals surface area contributed by atoms with Crippen molar-refractivity contribution in [1.82, 2.24) is 5.32 Å². The maximum absolute atomic E-state index is 12.4. The van der Waals surface area contributed by atoms with Crippen molar-refractivity contribution in [3.8, 4) is 0 Å². The van der Waals surface area contributed by atoms with E-state index < -0.39 is 0 Å². The molecule has 1 N–H and O–H groups in total. The predicted molar refractivity (Wildman–Crippen MR) is 88.1 cm³/mol. The number of rotatable bonds is 2. The van der Waals surface area contributed by atoms with Gasteiger partial charge in [-0.05, 0) is 43.9 Å². The number of hydrogen-bond donors (Lipinski definition) is 1. The van der Waals surface area contributed by atoms with E-state index in [1.54, 1.807) is 11.8 Å². The highest BCUT2D eigenvalue weighted by Gasteiger charge is 2.23. The zero-order valence-electron chi connectivity index (χ0n) is 12.1. The zero-order valence-corrected chi connectivity index (χ0v) is 13.8. The second-order valence-corrected chi connectivity index (χ2v) is 8.01. The molecule has 1 fully saturated rings. The Hall–Kier alpha value is -0.740. The molecule has 0 bridgehead atoms. The Morgan fingerprint density at radius 1 is 1.25 bits per heavy atom. The normalized spacial score (nSPS) is 19.4. The van der Waals surface area contributed by atoms with Gasteiger partial charge in [0.25, 0.3) is 5.91 Å². The number of fused-ring (bicyclic) bond motifs is 1. The minimum atomic E-state index is 0.135. The van der Waals surface area contributed by atoms with Gasteiger partial charge in [-0.3, -0.25) is 4.79 Å². The minimum absolute atomic E-state index is 0.135. The van der Waals surface area contributed by atoms with E-state index in [0.717, 1.165) is 23.5 Å². The van der Waals surface area contributed by atoms with Crippen LogP contribution >= 0.6 is 23.1 Å². The predicted octanol–water partition coefficient (Wildman–Crippen LogP) is 4.40. The second kappa shape index (κ2) is 5.94. The molecule has 2 nitrogen and oxygen atoms in total. The van der Waals surface area contributed by atoms with Crippen molar-refractivity contribution in [2.75, 3.05) is 0 Å². The SMILES string of the molecule is Cc1sc2c(c1C)CSC(C(=O)NC1CCCCC1)=C2. The number of carbonyl (C=O) groups excluding carboxylic acids is 1. The number of hydrogen-bond acceptors (Lipinski definition) is 3. The van der Waals surface area contributed by atoms with E-state index in [-0.39, 0.29) is 5.91 Å². The number of aryl methyl sites for hydroxylation is 1. The molecule has 0 radical (unpaired) electrons. The van der Waals surface area contributed by atoms with Crippen molar-refractivity contribution in [3.63, 3.8) is 0 Å². The first kappa shape index (κ1) is 14.2. The van der Waals surface area contributed by atoms with Crippen molar-refractivity contribution in [2.24, 2.45) is 0 Å². The maximum atomic E-state index is 12.4. The van der Waals surface area contributed by atoms with E-state index in [1.165, 1.54) is 40.1 Å². The number of nitrogens with one attached hydrogen (secondary N) is 1. The van der Waals surface area contributed by atoms with Crippen LogP contribution in [-0.4, -0.2) is 11.9 Å². The average molecular weight is 307 g/mol. The van der Waals surface area contributed by atoms with E-state index in [1.807, 2.05) is 11.3 Å². The molecule has 0 unspecified atom stereocenters. The lowest BCUT2D eigenvalue weighted by molar-refractivity contribution is -0.117. The summed E-state index contributed by atoms with van der Waals surface area (Å²) in [5.41, 5.74) is 2.83. The van der Waals surface area contributed by atoms with E-state index in [9.17, 15) is 4.79 Å². The first-order valence-electron chi connectivity index (χ1n) is 7.39. The van der Waals surface area contributed by atoms with Crippen LogP contribution in [0.1, 0.15) is 53.0 Å². The van der Waals surface area contributed by atoms with Gasteiger partial charge in [0.15, 0.2) is 0 Å². The highest BCUT2D eigenvalue weighted by Crippen LogP contribution is 2.39. The molecular weight excluding hydrogens is 286 g/mol. The fraction of sp³-hybridized carbons (Fsp3) is 0.562. The van der Waals surface area contributed by atoms with Gasteiger partial charge < -0.3 is 5.32 Å². The van der Waals surface area contributed by atoms with E-state index >= 15 is 0 Å². The molecule has 2 aliphatic rings. The largest absolute Gasteiger partial charge is 0.349 e. The Balaban J connectivity index is 1.72. The molecular formula is C16H21NOS2. The summed E-state index contributed by atoms with van der Waals surface area (Å²) >= 11 is 3.50. The lowest BCUT2D eigenvalue weighted by Gasteiger charge is -2.24. The molecule has 3 rings (SSSR count). The first-order chi connectivity index (χ1) is 9.65. The fourth-order valence-electron chi connectivity index (χ4n) is 2.94. The third kappa shape index (κ3) is 2.82. The van der Waals surface area contributed by atoms with Crippen molar-refractivity contribution in [3.05, 3.63) is 25.8 Å². The van der Waals surface area contributed by atoms with Crippen LogP contribution in [0, 0.1) is 13.8 Å². The summed E-state index contributed by atoms with van der Waals surface area (Å²) in [7, 11) is 0. The van der Waals surface area contributed by atoms with Crippen LogP contribution in [0.4, 0.5) is 0 Å². The molecule has 1 aromatic heterocycles. The van der Waals surface area contributed by atoms with Gasteiger partial charge in [-0.25, -0.2) is 0 Å². The standard InChI is InChI=1S/C16H21NOS2/c1-10-11(2)20-14-8-15(19-9-13(10)14)16(18)17-12-6-4-3-5-7-12/h8,12H,3-7,9H2,1-2H3,(H,17,18). The van der Waals surface area contributed by atoms with Gasteiger partial charge in [-0.15, -0.1) is 23.1 Å². The van der Waals surface area contributed by atoms with Crippen LogP contribution in [0.3, 0.4) is 0 Å². The number of thioether (sulfide) groups is 1. The summed E-state index contributed by atoms with van der Waals surface area (Å²) in [6, 6.07) is 0.394. The summed E-state index contributed by atoms with van der Waals surface area (Å²) in [4.78, 5) is 15.9. The molecule has 4 heteroatoms. The molecule has 1 amide bonds. The average Bonchev–Trinajstić information content (AvgIpc) is 2.74. The van der Waals surface area contributed by atoms with E-state index in [0.29, 0.717) is 6.04 Å². The van der Waals surface area contributed by atoms with Gasteiger partial charge in [0.2, 0.25) is 0 Å². The van der Waals surface area contributed by atoms with Crippen LogP contribution in [-0.2, 0) is 10.5 Å². The highest BCUT2D eigenvalue weighted by molar-refractivity contribution is 8.03. The van der Waals surface area contributed by atoms with E-state index in [4.69, 9.17) is 0 Å².